The van der Waals surface area contributed by atoms with Crippen LogP contribution in [0.2, 0.25) is 0 Å². The van der Waals surface area contributed by atoms with Crippen molar-refractivity contribution in [1.29, 1.82) is 0 Å². The van der Waals surface area contributed by atoms with Crippen LogP contribution in [0.15, 0.2) is 24.3 Å². The Balaban J connectivity index is 1.75. The molecule has 0 fully saturated rings. The van der Waals surface area contributed by atoms with Crippen LogP contribution < -0.4 is 9.47 Å². The summed E-state index contributed by atoms with van der Waals surface area (Å²) in [6.07, 6.45) is 0. The second kappa shape index (κ2) is 5.88. The number of hydrogen-bond acceptors (Lipinski definition) is 6. The topological polar surface area (TPSA) is 81.9 Å². The summed E-state index contributed by atoms with van der Waals surface area (Å²) in [6, 6.07) is 6.82. The minimum Gasteiger partial charge on any atom is -0.454 e. The molecular formula is C15H14N2O5S. The van der Waals surface area contributed by atoms with Gasteiger partial charge in [0.1, 0.15) is 0 Å². The van der Waals surface area contributed by atoms with Crippen LogP contribution >= 0.6 is 11.3 Å². The standard InChI is InChI=1S/C15H14N2O5S/c1-9-11(17(19)20)6-14(23-9)15(18)16(2)7-10-3-4-12-13(5-10)22-8-21-12/h3-6H,7-8H2,1-2H3. The van der Waals surface area contributed by atoms with Gasteiger partial charge >= 0.3 is 0 Å². The Morgan fingerprint density at radius 3 is 2.78 bits per heavy atom. The molecule has 1 aromatic carbocycles. The molecule has 0 spiro atoms. The Bertz CT molecular complexity index is 786. The van der Waals surface area contributed by atoms with E-state index in [9.17, 15) is 14.9 Å². The second-order valence-electron chi connectivity index (χ2n) is 5.16. The number of benzene rings is 1. The van der Waals surface area contributed by atoms with Crippen LogP contribution in [0.3, 0.4) is 0 Å². The summed E-state index contributed by atoms with van der Waals surface area (Å²) in [7, 11) is 1.66. The van der Waals surface area contributed by atoms with Gasteiger partial charge in [0, 0.05) is 19.7 Å². The van der Waals surface area contributed by atoms with Gasteiger partial charge in [0.25, 0.3) is 11.6 Å². The molecule has 2 aromatic rings. The lowest BCUT2D eigenvalue weighted by molar-refractivity contribution is -0.385. The van der Waals surface area contributed by atoms with Crippen molar-refractivity contribution in [1.82, 2.24) is 4.90 Å². The van der Waals surface area contributed by atoms with Crippen LogP contribution in [0.25, 0.3) is 0 Å². The summed E-state index contributed by atoms with van der Waals surface area (Å²) in [5, 5.41) is 10.9. The van der Waals surface area contributed by atoms with Crippen molar-refractivity contribution in [3.8, 4) is 11.5 Å². The second-order valence-corrected chi connectivity index (χ2v) is 6.41. The first kappa shape index (κ1) is 15.3. The molecule has 1 aromatic heterocycles. The fourth-order valence-corrected chi connectivity index (χ4v) is 3.31. The maximum Gasteiger partial charge on any atom is 0.283 e. The van der Waals surface area contributed by atoms with E-state index in [-0.39, 0.29) is 18.4 Å². The molecule has 2 heterocycles. The molecule has 23 heavy (non-hydrogen) atoms. The molecule has 1 aliphatic heterocycles. The molecule has 0 saturated heterocycles. The maximum atomic E-state index is 12.4. The minimum absolute atomic E-state index is 0.0187. The van der Waals surface area contributed by atoms with E-state index in [1.165, 1.54) is 11.0 Å². The first-order valence-electron chi connectivity index (χ1n) is 6.84. The predicted octanol–water partition coefficient (Wildman–Crippen LogP) is 2.97. The highest BCUT2D eigenvalue weighted by atomic mass is 32.1. The van der Waals surface area contributed by atoms with Crippen molar-refractivity contribution in [2.24, 2.45) is 0 Å². The zero-order valence-electron chi connectivity index (χ0n) is 12.6. The summed E-state index contributed by atoms with van der Waals surface area (Å²) >= 11 is 1.13. The van der Waals surface area contributed by atoms with E-state index in [0.29, 0.717) is 27.8 Å². The van der Waals surface area contributed by atoms with Crippen molar-refractivity contribution >= 4 is 22.9 Å². The lowest BCUT2D eigenvalue weighted by Gasteiger charge is -2.16. The van der Waals surface area contributed by atoms with Gasteiger partial charge in [-0.05, 0) is 24.6 Å². The Kier molecular flexibility index (Phi) is 3.91. The highest BCUT2D eigenvalue weighted by Crippen LogP contribution is 2.33. The molecule has 1 aliphatic rings. The molecule has 3 rings (SSSR count). The van der Waals surface area contributed by atoms with E-state index in [2.05, 4.69) is 0 Å². The van der Waals surface area contributed by atoms with Crippen LogP contribution in [-0.4, -0.2) is 29.6 Å². The zero-order valence-corrected chi connectivity index (χ0v) is 13.4. The van der Waals surface area contributed by atoms with Gasteiger partial charge in [0.2, 0.25) is 6.79 Å². The third-order valence-electron chi connectivity index (χ3n) is 3.50. The molecule has 0 bridgehead atoms. The highest BCUT2D eigenvalue weighted by molar-refractivity contribution is 7.14. The molecular weight excluding hydrogens is 320 g/mol. The van der Waals surface area contributed by atoms with E-state index in [0.717, 1.165) is 16.9 Å². The monoisotopic (exact) mass is 334 g/mol. The van der Waals surface area contributed by atoms with Crippen molar-refractivity contribution in [2.75, 3.05) is 13.8 Å². The van der Waals surface area contributed by atoms with E-state index < -0.39 is 4.92 Å². The van der Waals surface area contributed by atoms with Crippen LogP contribution in [0.5, 0.6) is 11.5 Å². The Hall–Kier alpha value is -2.61. The number of aryl methyl sites for hydroxylation is 1. The van der Waals surface area contributed by atoms with Gasteiger partial charge in [0.05, 0.1) is 14.7 Å². The largest absolute Gasteiger partial charge is 0.454 e. The number of thiophene rings is 1. The normalized spacial score (nSPS) is 12.3. The lowest BCUT2D eigenvalue weighted by Crippen LogP contribution is -2.25. The molecule has 0 atom stereocenters. The van der Waals surface area contributed by atoms with Gasteiger partial charge in [0.15, 0.2) is 11.5 Å². The average Bonchev–Trinajstić information content (AvgIpc) is 3.12. The van der Waals surface area contributed by atoms with Crippen molar-refractivity contribution < 1.29 is 19.2 Å². The number of carbonyl (C=O) groups is 1. The smallest absolute Gasteiger partial charge is 0.283 e. The summed E-state index contributed by atoms with van der Waals surface area (Å²) in [5.41, 5.74) is 0.878. The lowest BCUT2D eigenvalue weighted by atomic mass is 10.2. The van der Waals surface area contributed by atoms with Gasteiger partial charge in [-0.1, -0.05) is 6.07 Å². The quantitative estimate of drug-likeness (QED) is 0.634. The van der Waals surface area contributed by atoms with Gasteiger partial charge in [-0.3, -0.25) is 14.9 Å². The fourth-order valence-electron chi connectivity index (χ4n) is 2.33. The van der Waals surface area contributed by atoms with Crippen LogP contribution in [-0.2, 0) is 6.54 Å². The number of nitro groups is 1. The number of amides is 1. The highest BCUT2D eigenvalue weighted by Gasteiger charge is 2.22. The van der Waals surface area contributed by atoms with E-state index >= 15 is 0 Å². The van der Waals surface area contributed by atoms with Gasteiger partial charge in [-0.25, -0.2) is 0 Å². The van der Waals surface area contributed by atoms with E-state index in [1.807, 2.05) is 12.1 Å². The third-order valence-corrected chi connectivity index (χ3v) is 4.53. The number of ether oxygens (including phenoxy) is 2. The number of rotatable bonds is 4. The Morgan fingerprint density at radius 2 is 2.09 bits per heavy atom. The summed E-state index contributed by atoms with van der Waals surface area (Å²) < 4.78 is 10.6. The number of carbonyl (C=O) groups excluding carboxylic acids is 1. The molecule has 0 aliphatic carbocycles. The van der Waals surface area contributed by atoms with Crippen LogP contribution in [0.4, 0.5) is 5.69 Å². The molecule has 0 unspecified atom stereocenters. The van der Waals surface area contributed by atoms with Crippen molar-refractivity contribution in [2.45, 2.75) is 13.5 Å². The maximum absolute atomic E-state index is 12.4. The minimum atomic E-state index is -0.472. The van der Waals surface area contributed by atoms with Crippen LogP contribution in [0, 0.1) is 17.0 Å². The third kappa shape index (κ3) is 2.98. The molecule has 120 valence electrons. The summed E-state index contributed by atoms with van der Waals surface area (Å²) in [6.45, 7) is 2.21. The Morgan fingerprint density at radius 1 is 1.35 bits per heavy atom. The number of hydrogen-bond donors (Lipinski definition) is 0. The average molecular weight is 334 g/mol. The summed E-state index contributed by atoms with van der Waals surface area (Å²) in [4.78, 5) is 25.2. The van der Waals surface area contributed by atoms with Gasteiger partial charge in [-0.2, -0.15) is 0 Å². The fraction of sp³-hybridized carbons (Fsp3) is 0.267. The zero-order chi connectivity index (χ0) is 16.6. The molecule has 0 saturated carbocycles. The van der Waals surface area contributed by atoms with E-state index in [1.54, 1.807) is 20.0 Å². The Labute approximate surface area is 136 Å². The van der Waals surface area contributed by atoms with Crippen molar-refractivity contribution in [3.05, 3.63) is 49.7 Å². The molecule has 7 nitrogen and oxygen atoms in total. The van der Waals surface area contributed by atoms with Crippen LogP contribution in [0.1, 0.15) is 20.1 Å². The number of fused-ring (bicyclic) bond motifs is 1. The van der Waals surface area contributed by atoms with Gasteiger partial charge in [-0.15, -0.1) is 11.3 Å². The molecule has 0 radical (unpaired) electrons. The summed E-state index contributed by atoms with van der Waals surface area (Å²) in [5.74, 6) is 1.10. The molecule has 1 amide bonds. The molecule has 0 N–H and O–H groups in total. The first-order valence-corrected chi connectivity index (χ1v) is 7.66. The SMILES string of the molecule is Cc1sc(C(=O)N(C)Cc2ccc3c(c2)OCO3)cc1[N+](=O)[O-]. The van der Waals surface area contributed by atoms with Crippen molar-refractivity contribution in [3.63, 3.8) is 0 Å². The molecule has 8 heteroatoms. The first-order chi connectivity index (χ1) is 11.0. The van der Waals surface area contributed by atoms with Gasteiger partial charge < -0.3 is 14.4 Å². The number of nitrogens with zero attached hydrogens (tertiary/aromatic N) is 2. The predicted molar refractivity (Wildman–Crippen MR) is 84.1 cm³/mol. The van der Waals surface area contributed by atoms with E-state index in [4.69, 9.17) is 9.47 Å².